The van der Waals surface area contributed by atoms with Gasteiger partial charge in [-0.2, -0.15) is 0 Å². The van der Waals surface area contributed by atoms with Gasteiger partial charge in [0.15, 0.2) is 6.61 Å². The Labute approximate surface area is 136 Å². The number of carbonyl (C=O) groups excluding carboxylic acids is 1. The summed E-state index contributed by atoms with van der Waals surface area (Å²) in [6, 6.07) is 6.88. The van der Waals surface area contributed by atoms with Gasteiger partial charge < -0.3 is 19.9 Å². The Kier molecular flexibility index (Phi) is 8.11. The summed E-state index contributed by atoms with van der Waals surface area (Å²) in [5.74, 6) is -0.548. The number of nitrogens with one attached hydrogen (secondary N) is 1. The largest absolute Gasteiger partial charge is 0.482 e. The van der Waals surface area contributed by atoms with Crippen molar-refractivity contribution in [1.29, 1.82) is 0 Å². The van der Waals surface area contributed by atoms with Gasteiger partial charge in [-0.05, 0) is 44.9 Å². The molecule has 1 aromatic carbocycles. The number of amides is 1. The SMILES string of the molecule is CC(C)OCCCC(=O)NC(C)c1ccc(OCC(=O)O)cc1. The predicted molar refractivity (Wildman–Crippen MR) is 86.5 cm³/mol. The Balaban J connectivity index is 2.37. The minimum atomic E-state index is -1.02. The van der Waals surface area contributed by atoms with Gasteiger partial charge in [0.2, 0.25) is 5.91 Å². The lowest BCUT2D eigenvalue weighted by atomic mass is 10.1. The number of carboxylic acid groups (broad SMARTS) is 1. The molecule has 0 fully saturated rings. The van der Waals surface area contributed by atoms with Crippen molar-refractivity contribution < 1.29 is 24.2 Å². The predicted octanol–water partition coefficient (Wildman–Crippen LogP) is 2.53. The van der Waals surface area contributed by atoms with Gasteiger partial charge in [0, 0.05) is 13.0 Å². The lowest BCUT2D eigenvalue weighted by Gasteiger charge is -2.15. The van der Waals surface area contributed by atoms with Gasteiger partial charge >= 0.3 is 5.97 Å². The molecule has 1 atom stereocenters. The van der Waals surface area contributed by atoms with Gasteiger partial charge in [-0.25, -0.2) is 4.79 Å². The van der Waals surface area contributed by atoms with Gasteiger partial charge in [0.05, 0.1) is 12.1 Å². The maximum Gasteiger partial charge on any atom is 0.341 e. The zero-order valence-electron chi connectivity index (χ0n) is 13.9. The molecule has 0 spiro atoms. The first-order chi connectivity index (χ1) is 10.9. The Bertz CT molecular complexity index is 498. The molecule has 6 nitrogen and oxygen atoms in total. The van der Waals surface area contributed by atoms with E-state index in [1.807, 2.05) is 32.9 Å². The van der Waals surface area contributed by atoms with Crippen LogP contribution < -0.4 is 10.1 Å². The molecule has 128 valence electrons. The van der Waals surface area contributed by atoms with Crippen LogP contribution in [-0.2, 0) is 14.3 Å². The fourth-order valence-electron chi connectivity index (χ4n) is 1.95. The van der Waals surface area contributed by atoms with Gasteiger partial charge in [-0.15, -0.1) is 0 Å². The van der Waals surface area contributed by atoms with E-state index in [1.54, 1.807) is 12.1 Å². The van der Waals surface area contributed by atoms with Crippen LogP contribution in [0.15, 0.2) is 24.3 Å². The van der Waals surface area contributed by atoms with Crippen LogP contribution in [0.1, 0.15) is 45.2 Å². The van der Waals surface area contributed by atoms with E-state index in [0.717, 1.165) is 5.56 Å². The Morgan fingerprint density at radius 3 is 2.39 bits per heavy atom. The molecule has 0 radical (unpaired) electrons. The maximum atomic E-state index is 11.9. The number of carboxylic acids is 1. The van der Waals surface area contributed by atoms with Crippen molar-refractivity contribution in [3.63, 3.8) is 0 Å². The summed E-state index contributed by atoms with van der Waals surface area (Å²) in [4.78, 5) is 22.3. The molecule has 6 heteroatoms. The Morgan fingerprint density at radius 2 is 1.83 bits per heavy atom. The lowest BCUT2D eigenvalue weighted by Crippen LogP contribution is -2.26. The molecule has 0 aliphatic carbocycles. The van der Waals surface area contributed by atoms with E-state index >= 15 is 0 Å². The average molecular weight is 323 g/mol. The summed E-state index contributed by atoms with van der Waals surface area (Å²) in [6.45, 7) is 6.03. The first-order valence-electron chi connectivity index (χ1n) is 7.74. The van der Waals surface area contributed by atoms with Gasteiger partial charge in [0.1, 0.15) is 5.75 Å². The Morgan fingerprint density at radius 1 is 1.17 bits per heavy atom. The molecule has 0 bridgehead atoms. The molecule has 1 rings (SSSR count). The van der Waals surface area contributed by atoms with Gasteiger partial charge in [-0.3, -0.25) is 4.79 Å². The van der Waals surface area contributed by atoms with Gasteiger partial charge in [-0.1, -0.05) is 12.1 Å². The third-order valence-corrected chi connectivity index (χ3v) is 3.12. The molecular weight excluding hydrogens is 298 g/mol. The normalized spacial score (nSPS) is 12.0. The van der Waals surface area contributed by atoms with Crippen molar-refractivity contribution in [3.05, 3.63) is 29.8 Å². The van der Waals surface area contributed by atoms with Crippen LogP contribution in [0.5, 0.6) is 5.75 Å². The molecule has 1 aromatic rings. The van der Waals surface area contributed by atoms with Crippen molar-refractivity contribution in [2.24, 2.45) is 0 Å². The second-order valence-corrected chi connectivity index (χ2v) is 5.56. The molecule has 1 amide bonds. The molecule has 2 N–H and O–H groups in total. The molecule has 0 aliphatic heterocycles. The average Bonchev–Trinajstić information content (AvgIpc) is 2.49. The standard InChI is InChI=1S/C17H25NO5/c1-12(2)22-10-4-5-16(19)18-13(3)14-6-8-15(9-7-14)23-11-17(20)21/h6-9,12-13H,4-5,10-11H2,1-3H3,(H,18,19)(H,20,21). The van der Waals surface area contributed by atoms with Crippen molar-refractivity contribution in [1.82, 2.24) is 5.32 Å². The van der Waals surface area contributed by atoms with E-state index < -0.39 is 5.97 Å². The quantitative estimate of drug-likeness (QED) is 0.646. The summed E-state index contributed by atoms with van der Waals surface area (Å²) < 4.78 is 10.5. The third-order valence-electron chi connectivity index (χ3n) is 3.12. The smallest absolute Gasteiger partial charge is 0.341 e. The highest BCUT2D eigenvalue weighted by Crippen LogP contribution is 2.17. The summed E-state index contributed by atoms with van der Waals surface area (Å²) >= 11 is 0. The fourth-order valence-corrected chi connectivity index (χ4v) is 1.95. The van der Waals surface area contributed by atoms with Crippen LogP contribution in [-0.4, -0.2) is 36.3 Å². The zero-order valence-corrected chi connectivity index (χ0v) is 13.9. The second-order valence-electron chi connectivity index (χ2n) is 5.56. The number of rotatable bonds is 10. The summed E-state index contributed by atoms with van der Waals surface area (Å²) in [5.41, 5.74) is 0.930. The molecule has 0 aliphatic rings. The fraction of sp³-hybridized carbons (Fsp3) is 0.529. The van der Waals surface area contributed by atoms with Crippen molar-refractivity contribution in [2.75, 3.05) is 13.2 Å². The summed E-state index contributed by atoms with van der Waals surface area (Å²) in [6.07, 6.45) is 1.30. The Hall–Kier alpha value is -2.08. The lowest BCUT2D eigenvalue weighted by molar-refractivity contribution is -0.139. The van der Waals surface area contributed by atoms with Gasteiger partial charge in [0.25, 0.3) is 0 Å². The highest BCUT2D eigenvalue weighted by Gasteiger charge is 2.10. The molecule has 0 aromatic heterocycles. The van der Waals surface area contributed by atoms with E-state index in [0.29, 0.717) is 25.2 Å². The van der Waals surface area contributed by atoms with Crippen molar-refractivity contribution in [2.45, 2.75) is 45.8 Å². The monoisotopic (exact) mass is 323 g/mol. The first kappa shape index (κ1) is 19.0. The molecule has 0 saturated carbocycles. The number of hydrogen-bond donors (Lipinski definition) is 2. The summed E-state index contributed by atoms with van der Waals surface area (Å²) in [5, 5.41) is 11.5. The van der Waals surface area contributed by atoms with Crippen LogP contribution in [0.4, 0.5) is 0 Å². The van der Waals surface area contributed by atoms with Crippen molar-refractivity contribution in [3.8, 4) is 5.75 Å². The van der Waals surface area contributed by atoms with Crippen LogP contribution in [0.25, 0.3) is 0 Å². The number of carbonyl (C=O) groups is 2. The molecular formula is C17H25NO5. The number of ether oxygens (including phenoxy) is 2. The third kappa shape index (κ3) is 8.21. The molecule has 23 heavy (non-hydrogen) atoms. The van der Waals surface area contributed by atoms with Crippen LogP contribution in [0.3, 0.4) is 0 Å². The summed E-state index contributed by atoms with van der Waals surface area (Å²) in [7, 11) is 0. The minimum Gasteiger partial charge on any atom is -0.482 e. The van der Waals surface area contributed by atoms with E-state index in [-0.39, 0.29) is 24.7 Å². The van der Waals surface area contributed by atoms with E-state index in [2.05, 4.69) is 5.32 Å². The number of benzene rings is 1. The highest BCUT2D eigenvalue weighted by molar-refractivity contribution is 5.76. The highest BCUT2D eigenvalue weighted by atomic mass is 16.5. The first-order valence-corrected chi connectivity index (χ1v) is 7.74. The molecule has 0 heterocycles. The van der Waals surface area contributed by atoms with Crippen molar-refractivity contribution >= 4 is 11.9 Å². The maximum absolute atomic E-state index is 11.9. The van der Waals surface area contributed by atoms with E-state index in [1.165, 1.54) is 0 Å². The number of hydrogen-bond acceptors (Lipinski definition) is 4. The van der Waals surface area contributed by atoms with E-state index in [4.69, 9.17) is 14.6 Å². The van der Waals surface area contributed by atoms with Crippen LogP contribution in [0.2, 0.25) is 0 Å². The topological polar surface area (TPSA) is 84.9 Å². The van der Waals surface area contributed by atoms with Crippen LogP contribution >= 0.6 is 0 Å². The molecule has 1 unspecified atom stereocenters. The zero-order chi connectivity index (χ0) is 17.2. The second kappa shape index (κ2) is 9.84. The number of aliphatic carboxylic acids is 1. The van der Waals surface area contributed by atoms with Crippen LogP contribution in [0, 0.1) is 0 Å². The molecule has 0 saturated heterocycles. The van der Waals surface area contributed by atoms with E-state index in [9.17, 15) is 9.59 Å². The minimum absolute atomic E-state index is 0.0175.